The molecule has 0 fully saturated rings. The highest BCUT2D eigenvalue weighted by Gasteiger charge is 2.57. The number of anilines is 6. The van der Waals surface area contributed by atoms with Gasteiger partial charge in [0.25, 0.3) is 0 Å². The molecular weight excluding hydrogens is 973 g/mol. The van der Waals surface area contributed by atoms with Crippen LogP contribution in [-0.4, -0.2) is 0 Å². The van der Waals surface area contributed by atoms with E-state index in [1.807, 2.05) is 12.1 Å². The van der Waals surface area contributed by atoms with Gasteiger partial charge in [-0.2, -0.15) is 0 Å². The van der Waals surface area contributed by atoms with Gasteiger partial charge in [0.05, 0.1) is 11.4 Å². The topological polar surface area (TPSA) is 32.8 Å². The van der Waals surface area contributed by atoms with E-state index < -0.39 is 10.8 Å². The normalized spacial score (nSPS) is 16.0. The van der Waals surface area contributed by atoms with Gasteiger partial charge in [-0.15, -0.1) is 0 Å². The summed E-state index contributed by atoms with van der Waals surface area (Å²) in [6.07, 6.45) is 0. The Morgan fingerprint density at radius 2 is 0.600 bits per heavy atom. The molecule has 4 heteroatoms. The van der Waals surface area contributed by atoms with Crippen LogP contribution in [0.25, 0.3) is 88.4 Å². The zero-order chi connectivity index (χ0) is 53.1. The summed E-state index contributed by atoms with van der Waals surface area (Å²) in [5.74, 6) is 0. The van der Waals surface area contributed by atoms with E-state index in [0.717, 1.165) is 89.1 Å². The predicted molar refractivity (Wildman–Crippen MR) is 331 cm³/mol. The van der Waals surface area contributed by atoms with E-state index in [4.69, 9.17) is 8.83 Å². The van der Waals surface area contributed by atoms with Crippen LogP contribution in [0.2, 0.25) is 0 Å². The lowest BCUT2D eigenvalue weighted by molar-refractivity contribution is 0.376. The molecule has 2 heterocycles. The minimum atomic E-state index is -0.579. The van der Waals surface area contributed by atoms with Crippen molar-refractivity contribution in [2.75, 3.05) is 9.80 Å². The molecule has 0 spiro atoms. The van der Waals surface area contributed by atoms with Gasteiger partial charge in [0.15, 0.2) is 11.2 Å². The molecule has 2 atom stereocenters. The third-order valence-electron chi connectivity index (χ3n) is 17.8. The molecule has 0 amide bonds. The highest BCUT2D eigenvalue weighted by atomic mass is 16.3. The van der Waals surface area contributed by atoms with Crippen molar-refractivity contribution in [2.24, 2.45) is 0 Å². The fourth-order valence-corrected chi connectivity index (χ4v) is 13.9. The highest BCUT2D eigenvalue weighted by molar-refractivity contribution is 6.12. The number of rotatable bonds is 9. The lowest BCUT2D eigenvalue weighted by Crippen LogP contribution is -2.44. The molecule has 0 bridgehead atoms. The smallest absolute Gasteiger partial charge is 0.159 e. The molecule has 0 saturated heterocycles. The molecule has 2 aliphatic carbocycles. The number of hydrogen-bond donors (Lipinski definition) is 0. The first kappa shape index (κ1) is 46.0. The molecule has 0 N–H and O–H groups in total. The van der Waals surface area contributed by atoms with Crippen molar-refractivity contribution in [3.8, 4) is 44.5 Å². The molecule has 0 saturated carbocycles. The van der Waals surface area contributed by atoms with E-state index in [9.17, 15) is 0 Å². The Morgan fingerprint density at radius 3 is 1.04 bits per heavy atom. The van der Waals surface area contributed by atoms with Crippen LogP contribution in [0.4, 0.5) is 34.1 Å². The summed E-state index contributed by atoms with van der Waals surface area (Å²) in [7, 11) is 0. The average Bonchev–Trinajstić information content (AvgIpc) is 3.61. The van der Waals surface area contributed by atoms with Crippen molar-refractivity contribution in [3.05, 3.63) is 301 Å². The third-order valence-corrected chi connectivity index (χ3v) is 17.8. The minimum absolute atomic E-state index is 0.579. The Balaban J connectivity index is 0.911. The second kappa shape index (κ2) is 17.7. The van der Waals surface area contributed by atoms with Crippen LogP contribution < -0.4 is 9.80 Å². The first-order chi connectivity index (χ1) is 39.4. The zero-order valence-corrected chi connectivity index (χ0v) is 44.3. The van der Waals surface area contributed by atoms with Gasteiger partial charge in [0.2, 0.25) is 0 Å². The van der Waals surface area contributed by atoms with E-state index >= 15 is 0 Å². The number of fused-ring (bicyclic) bond motifs is 12. The van der Waals surface area contributed by atoms with Gasteiger partial charge < -0.3 is 18.6 Å². The predicted octanol–water partition coefficient (Wildman–Crippen LogP) is 21.0. The largest absolute Gasteiger partial charge is 0.454 e. The molecule has 2 aliphatic rings. The highest BCUT2D eigenvalue weighted by Crippen LogP contribution is 2.66. The molecule has 2 unspecified atom stereocenters. The second-order valence-corrected chi connectivity index (χ2v) is 21.8. The van der Waals surface area contributed by atoms with Crippen molar-refractivity contribution < 1.29 is 8.83 Å². The van der Waals surface area contributed by atoms with Crippen molar-refractivity contribution in [1.82, 2.24) is 0 Å². The molecule has 12 aromatic carbocycles. The van der Waals surface area contributed by atoms with Crippen LogP contribution in [0.5, 0.6) is 0 Å². The van der Waals surface area contributed by atoms with Crippen molar-refractivity contribution >= 4 is 78.0 Å². The maximum Gasteiger partial charge on any atom is 0.159 e. The van der Waals surface area contributed by atoms with E-state index in [1.165, 1.54) is 55.6 Å². The van der Waals surface area contributed by atoms with Crippen LogP contribution in [0, 0.1) is 0 Å². The number of nitrogens with zero attached hydrogens (tertiary/aromatic N) is 2. The molecule has 378 valence electrons. The Hall–Kier alpha value is -10.2. The van der Waals surface area contributed by atoms with Crippen molar-refractivity contribution in [1.29, 1.82) is 0 Å². The van der Waals surface area contributed by atoms with Gasteiger partial charge >= 0.3 is 0 Å². The summed E-state index contributed by atoms with van der Waals surface area (Å²) in [5, 5.41) is 4.37. The van der Waals surface area contributed by atoms with Gasteiger partial charge in [-0.05, 0) is 140 Å². The Labute approximate surface area is 464 Å². The quantitative estimate of drug-likeness (QED) is 0.144. The van der Waals surface area contributed by atoms with Crippen LogP contribution in [0.15, 0.2) is 288 Å². The maximum atomic E-state index is 6.87. The molecule has 0 radical (unpaired) electrons. The first-order valence-corrected chi connectivity index (χ1v) is 27.6. The SMILES string of the molecule is CC1(C2(C)c3ccccc3-c3ccc(N(c4ccc(-c5ccccc5)cc4)c4cccc5c4oc4ccccc45)cc32)c2ccccc2-c2ccc(N(c3ccc(-c4ccccc4)cc3)c3cccc4c3oc3ccccc34)cc21. The summed E-state index contributed by atoms with van der Waals surface area (Å²) < 4.78 is 13.7. The van der Waals surface area contributed by atoms with Gasteiger partial charge in [-0.25, -0.2) is 0 Å². The van der Waals surface area contributed by atoms with Gasteiger partial charge in [-0.1, -0.05) is 220 Å². The number of hydrogen-bond acceptors (Lipinski definition) is 4. The summed E-state index contributed by atoms with van der Waals surface area (Å²) in [5.41, 5.74) is 23.3. The summed E-state index contributed by atoms with van der Waals surface area (Å²) in [6.45, 7) is 5.02. The zero-order valence-electron chi connectivity index (χ0n) is 44.3. The summed E-state index contributed by atoms with van der Waals surface area (Å²) >= 11 is 0. The van der Waals surface area contributed by atoms with E-state index in [0.29, 0.717) is 0 Å². The Kier molecular flexibility index (Phi) is 10.2. The van der Waals surface area contributed by atoms with Crippen LogP contribution in [0.3, 0.4) is 0 Å². The van der Waals surface area contributed by atoms with Gasteiger partial charge in [0, 0.05) is 55.1 Å². The Bertz CT molecular complexity index is 4440. The standard InChI is InChI=1S/C76H52N2O2/c1-75(65-29-13-9-23-57(65)59-45-43-55(47-67(59)75)77(53-39-35-51(36-40-53)49-19-5-3-6-20-49)69-31-17-27-63-61-25-11-15-33-71(61)79-73(63)69)76(2)66-30-14-10-24-58(66)60-46-44-56(48-68(60)76)78(54-41-37-52(38-42-54)50-21-7-4-8-22-50)70-32-18-28-64-62-26-12-16-34-72(62)80-74(64)70/h3-48H,1-2H3. The molecule has 14 aromatic rings. The Morgan fingerprint density at radius 1 is 0.263 bits per heavy atom. The monoisotopic (exact) mass is 1020 g/mol. The second-order valence-electron chi connectivity index (χ2n) is 21.8. The molecule has 80 heavy (non-hydrogen) atoms. The maximum absolute atomic E-state index is 6.87. The lowest BCUT2D eigenvalue weighted by Gasteiger charge is -2.45. The molecule has 4 nitrogen and oxygen atoms in total. The molecular formula is C76H52N2O2. The van der Waals surface area contributed by atoms with Crippen molar-refractivity contribution in [3.63, 3.8) is 0 Å². The number of furan rings is 2. The minimum Gasteiger partial charge on any atom is -0.454 e. The average molecular weight is 1030 g/mol. The van der Waals surface area contributed by atoms with Crippen LogP contribution in [0.1, 0.15) is 36.1 Å². The van der Waals surface area contributed by atoms with Crippen LogP contribution >= 0.6 is 0 Å². The fourth-order valence-electron chi connectivity index (χ4n) is 13.9. The van der Waals surface area contributed by atoms with Gasteiger partial charge in [-0.3, -0.25) is 0 Å². The molecule has 16 rings (SSSR count). The lowest BCUT2D eigenvalue weighted by atomic mass is 9.56. The van der Waals surface area contributed by atoms with E-state index in [2.05, 4.69) is 291 Å². The fraction of sp³-hybridized carbons (Fsp3) is 0.0526. The van der Waals surface area contributed by atoms with Gasteiger partial charge in [0.1, 0.15) is 11.2 Å². The van der Waals surface area contributed by atoms with E-state index in [1.54, 1.807) is 0 Å². The van der Waals surface area contributed by atoms with Crippen molar-refractivity contribution in [2.45, 2.75) is 24.7 Å². The number of para-hydroxylation sites is 4. The third kappa shape index (κ3) is 6.69. The number of benzene rings is 12. The summed E-state index contributed by atoms with van der Waals surface area (Å²) in [6, 6.07) is 102. The first-order valence-electron chi connectivity index (χ1n) is 27.6. The van der Waals surface area contributed by atoms with Crippen LogP contribution in [-0.2, 0) is 10.8 Å². The summed E-state index contributed by atoms with van der Waals surface area (Å²) in [4.78, 5) is 4.81. The molecule has 0 aliphatic heterocycles. The molecule has 2 aromatic heterocycles. The van der Waals surface area contributed by atoms with E-state index in [-0.39, 0.29) is 0 Å².